The van der Waals surface area contributed by atoms with Crippen molar-refractivity contribution in [2.24, 2.45) is 4.99 Å². The highest BCUT2D eigenvalue weighted by Crippen LogP contribution is 2.23. The second-order valence-corrected chi connectivity index (χ2v) is 3.98. The Labute approximate surface area is 82.2 Å². The lowest BCUT2D eigenvalue weighted by Crippen LogP contribution is -2.25. The zero-order chi connectivity index (χ0) is 9.26. The number of aliphatic imine (C=N–C) groups is 1. The lowest BCUT2D eigenvalue weighted by Gasteiger charge is -2.19. The molecule has 0 aromatic heterocycles. The first kappa shape index (κ1) is 8.84. The molecule has 0 bridgehead atoms. The summed E-state index contributed by atoms with van der Waals surface area (Å²) in [4.78, 5) is 6.54. The molecule has 0 aromatic carbocycles. The summed E-state index contributed by atoms with van der Waals surface area (Å²) in [5.74, 6) is 0. The maximum absolute atomic E-state index is 5.49. The third-order valence-electron chi connectivity index (χ3n) is 2.09. The Hall–Kier alpha value is -0.740. The highest BCUT2D eigenvalue weighted by atomic mass is 32.2. The summed E-state index contributed by atoms with van der Waals surface area (Å²) in [6, 6.07) is 0. The van der Waals surface area contributed by atoms with E-state index in [1.165, 1.54) is 5.57 Å². The summed E-state index contributed by atoms with van der Waals surface area (Å²) in [6.45, 7) is 5.36. The number of rotatable bonds is 0. The van der Waals surface area contributed by atoms with Crippen molar-refractivity contribution >= 4 is 16.9 Å². The molecule has 0 atom stereocenters. The van der Waals surface area contributed by atoms with E-state index in [2.05, 4.69) is 11.9 Å². The van der Waals surface area contributed by atoms with Gasteiger partial charge in [-0.2, -0.15) is 0 Å². The highest BCUT2D eigenvalue weighted by molar-refractivity contribution is 8.16. The Morgan fingerprint density at radius 2 is 2.38 bits per heavy atom. The van der Waals surface area contributed by atoms with Gasteiger partial charge < -0.3 is 9.64 Å². The van der Waals surface area contributed by atoms with Crippen LogP contribution in [0.3, 0.4) is 0 Å². The topological polar surface area (TPSA) is 24.8 Å². The van der Waals surface area contributed by atoms with Gasteiger partial charge in [-0.15, -0.1) is 0 Å². The van der Waals surface area contributed by atoms with Crippen molar-refractivity contribution < 1.29 is 4.74 Å². The summed E-state index contributed by atoms with van der Waals surface area (Å²) in [7, 11) is 0. The second-order valence-electron chi connectivity index (χ2n) is 3.11. The number of hydrogen-bond donors (Lipinski definition) is 0. The van der Waals surface area contributed by atoms with Gasteiger partial charge >= 0.3 is 0 Å². The van der Waals surface area contributed by atoms with Crippen LogP contribution >= 0.6 is 11.8 Å². The summed E-state index contributed by atoms with van der Waals surface area (Å²) < 4.78 is 5.49. The van der Waals surface area contributed by atoms with E-state index in [9.17, 15) is 0 Å². The first-order chi connectivity index (χ1) is 6.27. The lowest BCUT2D eigenvalue weighted by molar-refractivity contribution is 0.101. The maximum atomic E-state index is 5.49. The molecule has 2 aliphatic heterocycles. The van der Waals surface area contributed by atoms with Gasteiger partial charge in [0.2, 0.25) is 0 Å². The molecule has 13 heavy (non-hydrogen) atoms. The molecular weight excluding hydrogens is 184 g/mol. The summed E-state index contributed by atoms with van der Waals surface area (Å²) in [6.07, 6.45) is 2.00. The molecule has 0 spiro atoms. The molecule has 0 aliphatic carbocycles. The SMILES string of the molecule is CC1=C(C)N=C2SC=CN2COC1. The fraction of sp³-hybridized carbons (Fsp3) is 0.444. The zero-order valence-corrected chi connectivity index (χ0v) is 8.60. The van der Waals surface area contributed by atoms with E-state index >= 15 is 0 Å². The van der Waals surface area contributed by atoms with Gasteiger partial charge in [-0.1, -0.05) is 11.8 Å². The molecule has 0 saturated heterocycles. The van der Waals surface area contributed by atoms with Gasteiger partial charge in [0, 0.05) is 11.9 Å². The fourth-order valence-corrected chi connectivity index (χ4v) is 1.89. The normalized spacial score (nSPS) is 22.6. The van der Waals surface area contributed by atoms with Gasteiger partial charge in [0.05, 0.1) is 6.61 Å². The van der Waals surface area contributed by atoms with Crippen molar-refractivity contribution in [1.82, 2.24) is 4.90 Å². The maximum Gasteiger partial charge on any atom is 0.174 e. The molecule has 0 N–H and O–H groups in total. The van der Waals surface area contributed by atoms with E-state index in [1.807, 2.05) is 23.4 Å². The first-order valence-electron chi connectivity index (χ1n) is 4.20. The van der Waals surface area contributed by atoms with Crippen LogP contribution in [0.25, 0.3) is 0 Å². The van der Waals surface area contributed by atoms with Crippen molar-refractivity contribution in [3.05, 3.63) is 22.9 Å². The second kappa shape index (κ2) is 3.55. The molecule has 4 heteroatoms. The third-order valence-corrected chi connectivity index (χ3v) is 2.88. The van der Waals surface area contributed by atoms with Gasteiger partial charge in [0.25, 0.3) is 0 Å². The van der Waals surface area contributed by atoms with Gasteiger partial charge in [-0.25, -0.2) is 4.99 Å². The Kier molecular flexibility index (Phi) is 2.42. The monoisotopic (exact) mass is 196 g/mol. The molecule has 0 aromatic rings. The van der Waals surface area contributed by atoms with Crippen LogP contribution in [0.1, 0.15) is 13.8 Å². The van der Waals surface area contributed by atoms with E-state index < -0.39 is 0 Å². The van der Waals surface area contributed by atoms with Crippen molar-refractivity contribution in [3.8, 4) is 0 Å². The van der Waals surface area contributed by atoms with Crippen LogP contribution in [0.2, 0.25) is 0 Å². The molecule has 0 saturated carbocycles. The Morgan fingerprint density at radius 1 is 1.54 bits per heavy atom. The predicted octanol–water partition coefficient (Wildman–Crippen LogP) is 2.14. The minimum atomic E-state index is 0.604. The van der Waals surface area contributed by atoms with E-state index in [0.29, 0.717) is 13.3 Å². The average Bonchev–Trinajstić information content (AvgIpc) is 2.50. The molecular formula is C9H12N2OS. The molecule has 2 rings (SSSR count). The van der Waals surface area contributed by atoms with Gasteiger partial charge in [-0.05, 0) is 24.8 Å². The lowest BCUT2D eigenvalue weighted by atomic mass is 10.2. The smallest absolute Gasteiger partial charge is 0.174 e. The van der Waals surface area contributed by atoms with Crippen molar-refractivity contribution in [3.63, 3.8) is 0 Å². The molecule has 0 radical (unpaired) electrons. The zero-order valence-electron chi connectivity index (χ0n) is 7.78. The summed E-state index contributed by atoms with van der Waals surface area (Å²) in [5, 5.41) is 3.03. The van der Waals surface area contributed by atoms with Gasteiger partial charge in [0.1, 0.15) is 6.73 Å². The van der Waals surface area contributed by atoms with E-state index in [1.54, 1.807) is 11.8 Å². The standard InChI is InChI=1S/C9H12N2OS/c1-7-5-12-6-11-3-4-13-9(11)10-8(7)2/h3-4H,5-6H2,1-2H3. The van der Waals surface area contributed by atoms with Gasteiger partial charge in [0.15, 0.2) is 5.17 Å². The van der Waals surface area contributed by atoms with Crippen molar-refractivity contribution in [1.29, 1.82) is 0 Å². The van der Waals surface area contributed by atoms with E-state index in [-0.39, 0.29) is 0 Å². The minimum absolute atomic E-state index is 0.604. The Bertz CT molecular complexity index is 307. The van der Waals surface area contributed by atoms with Crippen LogP contribution in [0.5, 0.6) is 0 Å². The fourth-order valence-electron chi connectivity index (χ4n) is 1.13. The summed E-state index contributed by atoms with van der Waals surface area (Å²) in [5.41, 5.74) is 2.27. The van der Waals surface area contributed by atoms with Crippen molar-refractivity contribution in [2.45, 2.75) is 13.8 Å². The molecule has 2 aliphatic rings. The van der Waals surface area contributed by atoms with Crippen LogP contribution in [0.15, 0.2) is 27.9 Å². The van der Waals surface area contributed by atoms with Crippen LogP contribution in [-0.4, -0.2) is 23.4 Å². The number of fused-ring (bicyclic) bond motifs is 1. The Morgan fingerprint density at radius 3 is 3.23 bits per heavy atom. The van der Waals surface area contributed by atoms with Crippen LogP contribution < -0.4 is 0 Å². The highest BCUT2D eigenvalue weighted by Gasteiger charge is 2.16. The number of ether oxygens (including phenoxy) is 1. The number of amidine groups is 1. The number of hydrogen-bond acceptors (Lipinski definition) is 4. The first-order valence-corrected chi connectivity index (χ1v) is 5.08. The molecule has 70 valence electrons. The molecule has 2 heterocycles. The quantitative estimate of drug-likeness (QED) is 0.593. The summed E-state index contributed by atoms with van der Waals surface area (Å²) >= 11 is 1.64. The third kappa shape index (κ3) is 1.78. The van der Waals surface area contributed by atoms with Crippen LogP contribution in [-0.2, 0) is 4.74 Å². The van der Waals surface area contributed by atoms with Gasteiger partial charge in [-0.3, -0.25) is 0 Å². The number of nitrogens with zero attached hydrogens (tertiary/aromatic N) is 2. The minimum Gasteiger partial charge on any atom is -0.356 e. The molecule has 0 amide bonds. The number of thioether (sulfide) groups is 1. The van der Waals surface area contributed by atoms with Crippen LogP contribution in [0, 0.1) is 0 Å². The predicted molar refractivity (Wildman–Crippen MR) is 55.2 cm³/mol. The average molecular weight is 196 g/mol. The Balaban J connectivity index is 2.29. The molecule has 0 unspecified atom stereocenters. The van der Waals surface area contributed by atoms with Crippen molar-refractivity contribution in [2.75, 3.05) is 13.3 Å². The molecule has 3 nitrogen and oxygen atoms in total. The number of allylic oxidation sites excluding steroid dienone is 1. The largest absolute Gasteiger partial charge is 0.356 e. The molecule has 0 fully saturated rings. The van der Waals surface area contributed by atoms with E-state index in [0.717, 1.165) is 10.9 Å². The van der Waals surface area contributed by atoms with E-state index in [4.69, 9.17) is 4.74 Å². The van der Waals surface area contributed by atoms with Crippen LogP contribution in [0.4, 0.5) is 0 Å².